The summed E-state index contributed by atoms with van der Waals surface area (Å²) in [5.41, 5.74) is 1.47. The average Bonchev–Trinajstić information content (AvgIpc) is 3.48. The molecule has 3 fully saturated rings. The number of piperidine rings is 1. The Morgan fingerprint density at radius 1 is 0.960 bits per heavy atom. The van der Waals surface area contributed by atoms with Gasteiger partial charge in [0.25, 0.3) is 0 Å². The summed E-state index contributed by atoms with van der Waals surface area (Å²) in [5, 5.41) is 14.3. The third kappa shape index (κ3) is 4.64. The standard InChI is InChI=1S/C22H34N2O/c25-22-9-5-4-8-21(22)24-14-12-19(13-15-24)23-20(18-10-11-18)16-17-6-2-1-3-7-17/h1-3,6-7,18-23,25H,4-5,8-16H2. The van der Waals surface area contributed by atoms with Crippen molar-refractivity contribution in [3.05, 3.63) is 35.9 Å². The number of benzene rings is 1. The molecule has 0 aromatic heterocycles. The summed E-state index contributed by atoms with van der Waals surface area (Å²) < 4.78 is 0. The number of nitrogens with one attached hydrogen (secondary N) is 1. The molecule has 0 spiro atoms. The van der Waals surface area contributed by atoms with Gasteiger partial charge in [-0.2, -0.15) is 0 Å². The number of nitrogens with zero attached hydrogens (tertiary/aromatic N) is 1. The summed E-state index contributed by atoms with van der Waals surface area (Å²) in [5.74, 6) is 0.887. The maximum Gasteiger partial charge on any atom is 0.0695 e. The Kier molecular flexibility index (Phi) is 5.74. The molecule has 2 aliphatic carbocycles. The van der Waals surface area contributed by atoms with Crippen LogP contribution in [0.3, 0.4) is 0 Å². The number of hydrogen-bond acceptors (Lipinski definition) is 3. The van der Waals surface area contributed by atoms with Gasteiger partial charge in [0.1, 0.15) is 0 Å². The van der Waals surface area contributed by atoms with Crippen molar-refractivity contribution in [2.24, 2.45) is 5.92 Å². The van der Waals surface area contributed by atoms with Crippen LogP contribution in [0.2, 0.25) is 0 Å². The monoisotopic (exact) mass is 342 g/mol. The Hall–Kier alpha value is -0.900. The fourth-order valence-corrected chi connectivity index (χ4v) is 4.95. The minimum atomic E-state index is -0.0875. The molecule has 4 rings (SSSR count). The van der Waals surface area contributed by atoms with Crippen LogP contribution in [0.5, 0.6) is 0 Å². The van der Waals surface area contributed by atoms with Gasteiger partial charge in [0, 0.05) is 31.2 Å². The third-order valence-electron chi connectivity index (χ3n) is 6.63. The van der Waals surface area contributed by atoms with Crippen LogP contribution in [-0.2, 0) is 6.42 Å². The van der Waals surface area contributed by atoms with E-state index in [1.165, 1.54) is 56.9 Å². The fraction of sp³-hybridized carbons (Fsp3) is 0.727. The SMILES string of the molecule is OC1CCCCC1N1CCC(NC(Cc2ccccc2)C2CC2)CC1. The first-order valence-corrected chi connectivity index (χ1v) is 10.5. The van der Waals surface area contributed by atoms with E-state index in [9.17, 15) is 5.11 Å². The van der Waals surface area contributed by atoms with Crippen LogP contribution in [0.4, 0.5) is 0 Å². The van der Waals surface area contributed by atoms with Crippen LogP contribution in [0.15, 0.2) is 30.3 Å². The molecule has 3 nitrogen and oxygen atoms in total. The molecule has 2 saturated carbocycles. The van der Waals surface area contributed by atoms with Gasteiger partial charge in [0.2, 0.25) is 0 Å². The molecule has 1 aromatic carbocycles. The van der Waals surface area contributed by atoms with Crippen molar-refractivity contribution in [1.29, 1.82) is 0 Å². The molecule has 3 aliphatic rings. The Bertz CT molecular complexity index is 522. The van der Waals surface area contributed by atoms with Crippen LogP contribution in [0.1, 0.15) is 56.9 Å². The average molecular weight is 343 g/mol. The Labute approximate surface area is 152 Å². The van der Waals surface area contributed by atoms with Gasteiger partial charge in [-0.25, -0.2) is 0 Å². The van der Waals surface area contributed by atoms with Crippen molar-refractivity contribution in [1.82, 2.24) is 10.2 Å². The molecule has 1 aliphatic heterocycles. The number of hydrogen-bond donors (Lipinski definition) is 2. The molecule has 25 heavy (non-hydrogen) atoms. The summed E-state index contributed by atoms with van der Waals surface area (Å²) in [6.45, 7) is 2.31. The zero-order chi connectivity index (χ0) is 17.1. The Morgan fingerprint density at radius 3 is 2.36 bits per heavy atom. The van der Waals surface area contributed by atoms with E-state index in [1.54, 1.807) is 0 Å². The molecule has 3 atom stereocenters. The molecule has 2 N–H and O–H groups in total. The smallest absolute Gasteiger partial charge is 0.0695 e. The lowest BCUT2D eigenvalue weighted by atomic mass is 9.89. The highest BCUT2D eigenvalue weighted by Gasteiger charge is 2.35. The molecule has 0 amide bonds. The molecule has 0 radical (unpaired) electrons. The first kappa shape index (κ1) is 17.5. The first-order chi connectivity index (χ1) is 12.3. The molecule has 1 saturated heterocycles. The van der Waals surface area contributed by atoms with E-state index < -0.39 is 0 Å². The number of likely N-dealkylation sites (tertiary alicyclic amines) is 1. The maximum atomic E-state index is 10.3. The van der Waals surface area contributed by atoms with E-state index >= 15 is 0 Å². The summed E-state index contributed by atoms with van der Waals surface area (Å²) in [7, 11) is 0. The second kappa shape index (κ2) is 8.20. The van der Waals surface area contributed by atoms with Crippen molar-refractivity contribution in [3.63, 3.8) is 0 Å². The molecule has 3 unspecified atom stereocenters. The predicted octanol–water partition coefficient (Wildman–Crippen LogP) is 3.37. The highest BCUT2D eigenvalue weighted by molar-refractivity contribution is 5.17. The fourth-order valence-electron chi connectivity index (χ4n) is 4.95. The summed E-state index contributed by atoms with van der Waals surface area (Å²) >= 11 is 0. The summed E-state index contributed by atoms with van der Waals surface area (Å²) in [6, 6.07) is 12.7. The lowest BCUT2D eigenvalue weighted by Gasteiger charge is -2.42. The van der Waals surface area contributed by atoms with Crippen LogP contribution in [0, 0.1) is 5.92 Å². The second-order valence-electron chi connectivity index (χ2n) is 8.53. The summed E-state index contributed by atoms with van der Waals surface area (Å²) in [4.78, 5) is 2.57. The Balaban J connectivity index is 1.28. The van der Waals surface area contributed by atoms with Gasteiger partial charge in [-0.05, 0) is 56.4 Å². The highest BCUT2D eigenvalue weighted by Crippen LogP contribution is 2.35. The van der Waals surface area contributed by atoms with Gasteiger partial charge in [0.15, 0.2) is 0 Å². The minimum Gasteiger partial charge on any atom is -0.391 e. The summed E-state index contributed by atoms with van der Waals surface area (Å²) in [6.07, 6.45) is 11.1. The van der Waals surface area contributed by atoms with Gasteiger partial charge in [-0.3, -0.25) is 4.90 Å². The van der Waals surface area contributed by atoms with E-state index in [-0.39, 0.29) is 6.10 Å². The molecule has 3 heteroatoms. The zero-order valence-corrected chi connectivity index (χ0v) is 15.4. The van der Waals surface area contributed by atoms with E-state index in [0.29, 0.717) is 18.1 Å². The van der Waals surface area contributed by atoms with E-state index in [4.69, 9.17) is 0 Å². The third-order valence-corrected chi connectivity index (χ3v) is 6.63. The van der Waals surface area contributed by atoms with Gasteiger partial charge in [-0.15, -0.1) is 0 Å². The van der Waals surface area contributed by atoms with Crippen LogP contribution in [0.25, 0.3) is 0 Å². The number of aliphatic hydroxyl groups excluding tert-OH is 1. The quantitative estimate of drug-likeness (QED) is 0.832. The molecule has 1 heterocycles. The number of aliphatic hydroxyl groups is 1. The van der Waals surface area contributed by atoms with Gasteiger partial charge >= 0.3 is 0 Å². The Morgan fingerprint density at radius 2 is 1.68 bits per heavy atom. The van der Waals surface area contributed by atoms with Crippen molar-refractivity contribution in [2.75, 3.05) is 13.1 Å². The molecule has 138 valence electrons. The number of rotatable bonds is 6. The van der Waals surface area contributed by atoms with Crippen molar-refractivity contribution >= 4 is 0 Å². The van der Waals surface area contributed by atoms with E-state index in [2.05, 4.69) is 40.5 Å². The minimum absolute atomic E-state index is 0.0875. The van der Waals surface area contributed by atoms with E-state index in [0.717, 1.165) is 25.4 Å². The van der Waals surface area contributed by atoms with Crippen LogP contribution >= 0.6 is 0 Å². The topological polar surface area (TPSA) is 35.5 Å². The van der Waals surface area contributed by atoms with Gasteiger partial charge in [-0.1, -0.05) is 43.2 Å². The molecule has 0 bridgehead atoms. The highest BCUT2D eigenvalue weighted by atomic mass is 16.3. The van der Waals surface area contributed by atoms with Crippen molar-refractivity contribution in [2.45, 2.75) is 82.0 Å². The van der Waals surface area contributed by atoms with Gasteiger partial charge in [0.05, 0.1) is 6.10 Å². The van der Waals surface area contributed by atoms with E-state index in [1.807, 2.05) is 0 Å². The normalized spacial score (nSPS) is 30.3. The molecular weight excluding hydrogens is 308 g/mol. The predicted molar refractivity (Wildman–Crippen MR) is 103 cm³/mol. The van der Waals surface area contributed by atoms with Crippen LogP contribution in [-0.4, -0.2) is 47.3 Å². The van der Waals surface area contributed by atoms with Gasteiger partial charge < -0.3 is 10.4 Å². The lowest BCUT2D eigenvalue weighted by molar-refractivity contribution is 0.00646. The maximum absolute atomic E-state index is 10.3. The molecule has 1 aromatic rings. The second-order valence-corrected chi connectivity index (χ2v) is 8.53. The first-order valence-electron chi connectivity index (χ1n) is 10.5. The van der Waals surface area contributed by atoms with Crippen molar-refractivity contribution in [3.8, 4) is 0 Å². The van der Waals surface area contributed by atoms with Crippen molar-refractivity contribution < 1.29 is 5.11 Å². The zero-order valence-electron chi connectivity index (χ0n) is 15.4. The van der Waals surface area contributed by atoms with Crippen LogP contribution < -0.4 is 5.32 Å². The lowest BCUT2D eigenvalue weighted by Crippen LogP contribution is -2.53. The molecular formula is C22H34N2O. The largest absolute Gasteiger partial charge is 0.391 e.